The summed E-state index contributed by atoms with van der Waals surface area (Å²) in [5, 5.41) is 2.28. The number of aromatic amines is 1. The Hall–Kier alpha value is -2.07. The van der Waals surface area contributed by atoms with Crippen LogP contribution in [0.15, 0.2) is 42.7 Å². The Bertz CT molecular complexity index is 787. The van der Waals surface area contributed by atoms with Gasteiger partial charge in [0.1, 0.15) is 10.5 Å². The highest BCUT2D eigenvalue weighted by Crippen LogP contribution is 2.26. The topological polar surface area (TPSA) is 41.6 Å². The van der Waals surface area contributed by atoms with Crippen molar-refractivity contribution in [1.82, 2.24) is 15.0 Å². The first kappa shape index (κ1) is 12.0. The van der Waals surface area contributed by atoms with Crippen molar-refractivity contribution in [2.45, 2.75) is 13.3 Å². The fourth-order valence-corrected chi connectivity index (χ4v) is 2.40. The zero-order chi connectivity index (χ0) is 13.2. The summed E-state index contributed by atoms with van der Waals surface area (Å²) in [6.07, 6.45) is 4.52. The molecule has 0 amide bonds. The molecule has 94 valence electrons. The van der Waals surface area contributed by atoms with Gasteiger partial charge in [-0.15, -0.1) is 0 Å². The van der Waals surface area contributed by atoms with Crippen LogP contribution in [-0.2, 0) is 6.42 Å². The largest absolute Gasteiger partial charge is 0.343 e. The minimum atomic E-state index is 0.617. The molecule has 0 fully saturated rings. The van der Waals surface area contributed by atoms with E-state index < -0.39 is 0 Å². The summed E-state index contributed by atoms with van der Waals surface area (Å²) < 4.78 is 0.617. The molecule has 0 spiro atoms. The van der Waals surface area contributed by atoms with Crippen LogP contribution in [0.2, 0.25) is 0 Å². The Morgan fingerprint density at radius 3 is 3.00 bits per heavy atom. The monoisotopic (exact) mass is 267 g/mol. The van der Waals surface area contributed by atoms with Gasteiger partial charge in [-0.25, -0.2) is 4.98 Å². The van der Waals surface area contributed by atoms with Gasteiger partial charge in [0.15, 0.2) is 0 Å². The van der Waals surface area contributed by atoms with Crippen molar-refractivity contribution in [3.63, 3.8) is 0 Å². The lowest BCUT2D eigenvalue weighted by molar-refractivity contribution is 0.937. The van der Waals surface area contributed by atoms with Gasteiger partial charge in [0.2, 0.25) is 0 Å². The van der Waals surface area contributed by atoms with Crippen LogP contribution in [0.4, 0.5) is 0 Å². The van der Waals surface area contributed by atoms with Crippen LogP contribution in [0, 0.1) is 4.64 Å². The van der Waals surface area contributed by atoms with Gasteiger partial charge in [0, 0.05) is 29.8 Å². The minimum absolute atomic E-state index is 0.617. The molecule has 2 aromatic heterocycles. The molecule has 0 saturated carbocycles. The summed E-state index contributed by atoms with van der Waals surface area (Å²) in [6.45, 7) is 2.06. The summed E-state index contributed by atoms with van der Waals surface area (Å²) in [7, 11) is 0. The normalized spacial score (nSPS) is 10.8. The number of nitrogens with zero attached hydrogens (tertiary/aromatic N) is 2. The maximum absolute atomic E-state index is 5.23. The number of aromatic nitrogens is 3. The van der Waals surface area contributed by atoms with E-state index in [2.05, 4.69) is 34.0 Å². The molecule has 0 atom stereocenters. The zero-order valence-electron chi connectivity index (χ0n) is 10.6. The highest BCUT2D eigenvalue weighted by molar-refractivity contribution is 7.71. The van der Waals surface area contributed by atoms with E-state index in [1.807, 2.05) is 24.4 Å². The van der Waals surface area contributed by atoms with Gasteiger partial charge in [-0.05, 0) is 17.5 Å². The molecule has 3 aromatic rings. The van der Waals surface area contributed by atoms with Crippen molar-refractivity contribution in [2.24, 2.45) is 0 Å². The van der Waals surface area contributed by atoms with Gasteiger partial charge in [0.25, 0.3) is 0 Å². The van der Waals surface area contributed by atoms with Gasteiger partial charge >= 0.3 is 0 Å². The third-order valence-electron chi connectivity index (χ3n) is 3.10. The number of benzene rings is 1. The first-order valence-corrected chi connectivity index (χ1v) is 6.62. The first-order chi connectivity index (χ1) is 9.28. The molecule has 0 saturated heterocycles. The second kappa shape index (κ2) is 4.90. The molecule has 0 aliphatic rings. The fourth-order valence-electron chi connectivity index (χ4n) is 2.17. The SMILES string of the molecule is CCc1nc(=S)cc(-c2cccc3ccncc23)[nH]1. The zero-order valence-corrected chi connectivity index (χ0v) is 11.4. The van der Waals surface area contributed by atoms with Crippen molar-refractivity contribution in [3.8, 4) is 11.3 Å². The van der Waals surface area contributed by atoms with Gasteiger partial charge in [-0.2, -0.15) is 0 Å². The number of H-pyrrole nitrogens is 1. The van der Waals surface area contributed by atoms with Gasteiger partial charge in [0.05, 0.1) is 5.69 Å². The molecule has 3 rings (SSSR count). The average Bonchev–Trinajstić information content (AvgIpc) is 2.46. The lowest BCUT2D eigenvalue weighted by Gasteiger charge is -2.08. The second-order valence-electron chi connectivity index (χ2n) is 4.34. The Morgan fingerprint density at radius 1 is 1.26 bits per heavy atom. The molecule has 0 bridgehead atoms. The quantitative estimate of drug-likeness (QED) is 0.716. The molecular weight excluding hydrogens is 254 g/mol. The molecule has 0 unspecified atom stereocenters. The van der Waals surface area contributed by atoms with E-state index in [9.17, 15) is 0 Å². The maximum Gasteiger partial charge on any atom is 0.130 e. The van der Waals surface area contributed by atoms with Gasteiger partial charge in [-0.1, -0.05) is 37.3 Å². The Balaban J connectivity index is 2.30. The van der Waals surface area contributed by atoms with E-state index in [4.69, 9.17) is 12.2 Å². The van der Waals surface area contributed by atoms with Crippen LogP contribution >= 0.6 is 12.2 Å². The number of fused-ring (bicyclic) bond motifs is 1. The second-order valence-corrected chi connectivity index (χ2v) is 4.75. The number of rotatable bonds is 2. The molecule has 0 radical (unpaired) electrons. The van der Waals surface area contributed by atoms with Crippen LogP contribution < -0.4 is 0 Å². The van der Waals surface area contributed by atoms with Crippen molar-refractivity contribution >= 4 is 23.0 Å². The van der Waals surface area contributed by atoms with Crippen LogP contribution in [0.25, 0.3) is 22.0 Å². The average molecular weight is 267 g/mol. The molecular formula is C15H13N3S. The third-order valence-corrected chi connectivity index (χ3v) is 3.31. The lowest BCUT2D eigenvalue weighted by atomic mass is 10.0. The number of hydrogen-bond acceptors (Lipinski definition) is 3. The number of aryl methyl sites for hydroxylation is 1. The predicted octanol–water partition coefficient (Wildman–Crippen LogP) is 3.92. The lowest BCUT2D eigenvalue weighted by Crippen LogP contribution is -1.96. The number of pyridine rings is 1. The fraction of sp³-hybridized carbons (Fsp3) is 0.133. The molecule has 1 N–H and O–H groups in total. The maximum atomic E-state index is 5.23. The summed E-state index contributed by atoms with van der Waals surface area (Å²) in [4.78, 5) is 11.8. The minimum Gasteiger partial charge on any atom is -0.343 e. The van der Waals surface area contributed by atoms with Gasteiger partial charge < -0.3 is 4.98 Å². The van der Waals surface area contributed by atoms with Crippen molar-refractivity contribution in [3.05, 3.63) is 53.2 Å². The van der Waals surface area contributed by atoms with Crippen LogP contribution in [-0.4, -0.2) is 15.0 Å². The third kappa shape index (κ3) is 2.27. The number of hydrogen-bond donors (Lipinski definition) is 1. The van der Waals surface area contributed by atoms with Gasteiger partial charge in [-0.3, -0.25) is 4.98 Å². The van der Waals surface area contributed by atoms with E-state index in [1.54, 1.807) is 6.20 Å². The summed E-state index contributed by atoms with van der Waals surface area (Å²) in [5.41, 5.74) is 2.10. The molecule has 0 aliphatic carbocycles. The van der Waals surface area contributed by atoms with E-state index in [0.29, 0.717) is 4.64 Å². The van der Waals surface area contributed by atoms with E-state index >= 15 is 0 Å². The molecule has 2 heterocycles. The highest BCUT2D eigenvalue weighted by Gasteiger charge is 2.05. The standard InChI is InChI=1S/C15H13N3S/c1-2-14-17-13(8-15(19)18-14)11-5-3-4-10-6-7-16-9-12(10)11/h3-9H,2H2,1H3,(H,17,18,19). The smallest absolute Gasteiger partial charge is 0.130 e. The van der Waals surface area contributed by atoms with E-state index in [1.165, 1.54) is 5.39 Å². The molecule has 4 heteroatoms. The number of nitrogens with one attached hydrogen (secondary N) is 1. The van der Waals surface area contributed by atoms with Crippen molar-refractivity contribution < 1.29 is 0 Å². The van der Waals surface area contributed by atoms with Crippen LogP contribution in [0.3, 0.4) is 0 Å². The Morgan fingerprint density at radius 2 is 2.16 bits per heavy atom. The molecule has 1 aromatic carbocycles. The Kier molecular flexibility index (Phi) is 3.09. The van der Waals surface area contributed by atoms with E-state index in [-0.39, 0.29) is 0 Å². The summed E-state index contributed by atoms with van der Waals surface area (Å²) in [5.74, 6) is 0.906. The highest BCUT2D eigenvalue weighted by atomic mass is 32.1. The van der Waals surface area contributed by atoms with Crippen LogP contribution in [0.1, 0.15) is 12.7 Å². The predicted molar refractivity (Wildman–Crippen MR) is 79.5 cm³/mol. The van der Waals surface area contributed by atoms with Crippen molar-refractivity contribution in [2.75, 3.05) is 0 Å². The van der Waals surface area contributed by atoms with E-state index in [0.717, 1.165) is 28.9 Å². The Labute approximate surface area is 116 Å². The van der Waals surface area contributed by atoms with Crippen LogP contribution in [0.5, 0.6) is 0 Å². The first-order valence-electron chi connectivity index (χ1n) is 6.21. The molecule has 3 nitrogen and oxygen atoms in total. The molecule has 0 aliphatic heterocycles. The molecule has 19 heavy (non-hydrogen) atoms. The van der Waals surface area contributed by atoms with Crippen molar-refractivity contribution in [1.29, 1.82) is 0 Å². The summed E-state index contributed by atoms with van der Waals surface area (Å²) in [6, 6.07) is 10.1. The summed E-state index contributed by atoms with van der Waals surface area (Å²) >= 11 is 5.23.